The average molecular weight is 405 g/mol. The van der Waals surface area contributed by atoms with E-state index < -0.39 is 0 Å². The van der Waals surface area contributed by atoms with Gasteiger partial charge in [-0.2, -0.15) is 0 Å². The van der Waals surface area contributed by atoms with E-state index in [1.807, 2.05) is 13.8 Å². The second-order valence-corrected chi connectivity index (χ2v) is 8.06. The minimum atomic E-state index is -0.290. The van der Waals surface area contributed by atoms with E-state index in [1.54, 1.807) is 34.1 Å². The molecule has 1 aliphatic rings. The third-order valence-corrected chi connectivity index (χ3v) is 6.07. The van der Waals surface area contributed by atoms with Crippen molar-refractivity contribution in [2.45, 2.75) is 26.8 Å². The molecular formula is C18H14BrFN2OS. The summed E-state index contributed by atoms with van der Waals surface area (Å²) in [5.41, 5.74) is 2.43. The Balaban J connectivity index is 1.91. The second-order valence-electron chi connectivity index (χ2n) is 5.94. The predicted molar refractivity (Wildman–Crippen MR) is 99.9 cm³/mol. The number of fused-ring (bicyclic) bond motifs is 2. The van der Waals surface area contributed by atoms with Gasteiger partial charge in [0.1, 0.15) is 16.5 Å². The highest BCUT2D eigenvalue weighted by Crippen LogP contribution is 2.32. The van der Waals surface area contributed by atoms with Gasteiger partial charge < -0.3 is 0 Å². The highest BCUT2D eigenvalue weighted by atomic mass is 79.9. The monoisotopic (exact) mass is 404 g/mol. The fourth-order valence-corrected chi connectivity index (χ4v) is 4.42. The van der Waals surface area contributed by atoms with E-state index in [0.717, 1.165) is 26.2 Å². The first-order chi connectivity index (χ1) is 11.5. The van der Waals surface area contributed by atoms with Gasteiger partial charge in [-0.15, -0.1) is 11.3 Å². The lowest BCUT2D eigenvalue weighted by Gasteiger charge is -2.04. The van der Waals surface area contributed by atoms with Crippen molar-refractivity contribution in [1.82, 2.24) is 9.55 Å². The molecule has 3 aromatic rings. The Bertz CT molecular complexity index is 1080. The number of hydrogen-bond acceptors (Lipinski definition) is 3. The van der Waals surface area contributed by atoms with Crippen molar-refractivity contribution in [1.29, 1.82) is 0 Å². The molecule has 0 N–H and O–H groups in total. The van der Waals surface area contributed by atoms with E-state index in [4.69, 9.17) is 4.98 Å². The lowest BCUT2D eigenvalue weighted by Crippen LogP contribution is -2.20. The summed E-state index contributed by atoms with van der Waals surface area (Å²) in [5.74, 6) is 0.373. The van der Waals surface area contributed by atoms with E-state index >= 15 is 0 Å². The van der Waals surface area contributed by atoms with E-state index in [0.29, 0.717) is 28.8 Å². The summed E-state index contributed by atoms with van der Waals surface area (Å²) in [4.78, 5) is 19.4. The van der Waals surface area contributed by atoms with Crippen LogP contribution in [0.5, 0.6) is 0 Å². The molecule has 0 aliphatic carbocycles. The molecule has 2 aromatic heterocycles. The Morgan fingerprint density at radius 1 is 1.38 bits per heavy atom. The molecule has 0 bridgehead atoms. The lowest BCUT2D eigenvalue weighted by atomic mass is 10.1. The van der Waals surface area contributed by atoms with Crippen molar-refractivity contribution in [2.24, 2.45) is 0 Å². The van der Waals surface area contributed by atoms with Crippen LogP contribution >= 0.6 is 27.3 Å². The van der Waals surface area contributed by atoms with Crippen LogP contribution in [0.25, 0.3) is 21.9 Å². The number of benzene rings is 1. The van der Waals surface area contributed by atoms with Gasteiger partial charge in [0.25, 0.3) is 5.56 Å². The zero-order chi connectivity index (χ0) is 17.0. The Morgan fingerprint density at radius 2 is 2.17 bits per heavy atom. The number of halogens is 2. The first-order valence-corrected chi connectivity index (χ1v) is 9.23. The molecule has 0 saturated heterocycles. The van der Waals surface area contributed by atoms with Gasteiger partial charge in [0.2, 0.25) is 0 Å². The third-order valence-electron chi connectivity index (χ3n) is 4.47. The molecule has 0 amide bonds. The van der Waals surface area contributed by atoms with Crippen LogP contribution in [0.15, 0.2) is 27.5 Å². The zero-order valence-corrected chi connectivity index (χ0v) is 15.6. The Kier molecular flexibility index (Phi) is 3.69. The molecule has 0 atom stereocenters. The normalized spacial score (nSPS) is 15.4. The van der Waals surface area contributed by atoms with Crippen molar-refractivity contribution >= 4 is 49.1 Å². The summed E-state index contributed by atoms with van der Waals surface area (Å²) in [6.45, 7) is 4.56. The molecule has 0 spiro atoms. The summed E-state index contributed by atoms with van der Waals surface area (Å²) < 4.78 is 16.5. The highest BCUT2D eigenvalue weighted by Gasteiger charge is 2.23. The fraction of sp³-hybridized carbons (Fsp3) is 0.222. The fourth-order valence-electron chi connectivity index (χ4n) is 3.07. The molecule has 1 aromatic carbocycles. The molecular weight excluding hydrogens is 391 g/mol. The van der Waals surface area contributed by atoms with E-state index in [-0.39, 0.29) is 11.4 Å². The van der Waals surface area contributed by atoms with Crippen LogP contribution in [0.2, 0.25) is 0 Å². The van der Waals surface area contributed by atoms with Crippen LogP contribution < -0.4 is 5.56 Å². The van der Waals surface area contributed by atoms with Crippen molar-refractivity contribution in [3.63, 3.8) is 0 Å². The number of rotatable bonds is 1. The number of allylic oxidation sites excluding steroid dienone is 1. The van der Waals surface area contributed by atoms with E-state index in [9.17, 15) is 9.18 Å². The molecule has 24 heavy (non-hydrogen) atoms. The van der Waals surface area contributed by atoms with Crippen LogP contribution in [-0.2, 0) is 6.54 Å². The largest absolute Gasteiger partial charge is 0.292 e. The smallest absolute Gasteiger partial charge is 0.262 e. The van der Waals surface area contributed by atoms with Gasteiger partial charge in [0.05, 0.1) is 5.39 Å². The molecule has 3 heterocycles. The number of aryl methyl sites for hydroxylation is 2. The minimum Gasteiger partial charge on any atom is -0.292 e. The molecule has 6 heteroatoms. The summed E-state index contributed by atoms with van der Waals surface area (Å²) >= 11 is 4.80. The van der Waals surface area contributed by atoms with Gasteiger partial charge >= 0.3 is 0 Å². The first kappa shape index (κ1) is 15.7. The van der Waals surface area contributed by atoms with Crippen molar-refractivity contribution in [3.8, 4) is 0 Å². The van der Waals surface area contributed by atoms with Crippen LogP contribution in [0.1, 0.15) is 28.2 Å². The Hall–Kier alpha value is -1.79. The van der Waals surface area contributed by atoms with Gasteiger partial charge in [-0.1, -0.05) is 22.0 Å². The maximum absolute atomic E-state index is 14.1. The molecule has 4 rings (SSSR count). The van der Waals surface area contributed by atoms with E-state index in [2.05, 4.69) is 15.9 Å². The molecule has 0 saturated carbocycles. The molecule has 0 radical (unpaired) electrons. The van der Waals surface area contributed by atoms with Gasteiger partial charge in [-0.05, 0) is 49.6 Å². The third kappa shape index (κ3) is 2.36. The summed E-state index contributed by atoms with van der Waals surface area (Å²) in [6.07, 6.45) is 2.49. The second kappa shape index (κ2) is 5.63. The molecule has 0 unspecified atom stereocenters. The molecule has 1 aliphatic heterocycles. The number of hydrogen-bond donors (Lipinski definition) is 0. The molecule has 0 fully saturated rings. The van der Waals surface area contributed by atoms with Gasteiger partial charge in [-0.25, -0.2) is 9.37 Å². The lowest BCUT2D eigenvalue weighted by molar-refractivity contribution is 0.624. The van der Waals surface area contributed by atoms with Crippen molar-refractivity contribution < 1.29 is 4.39 Å². The van der Waals surface area contributed by atoms with E-state index in [1.165, 1.54) is 6.07 Å². The van der Waals surface area contributed by atoms with Crippen LogP contribution in [0.3, 0.4) is 0 Å². The van der Waals surface area contributed by atoms with Gasteiger partial charge in [0, 0.05) is 21.5 Å². The summed E-state index contributed by atoms with van der Waals surface area (Å²) in [5, 5.41) is 0.720. The van der Waals surface area contributed by atoms with Gasteiger partial charge in [0.15, 0.2) is 0 Å². The number of aromatic nitrogens is 2. The maximum Gasteiger partial charge on any atom is 0.262 e. The average Bonchev–Trinajstić information content (AvgIpc) is 3.05. The molecule has 3 nitrogen and oxygen atoms in total. The molecule has 122 valence electrons. The minimum absolute atomic E-state index is 0.0107. The van der Waals surface area contributed by atoms with Crippen molar-refractivity contribution in [3.05, 3.63) is 60.7 Å². The zero-order valence-electron chi connectivity index (χ0n) is 13.2. The Labute approximate surface area is 150 Å². The first-order valence-electron chi connectivity index (χ1n) is 7.62. The topological polar surface area (TPSA) is 34.9 Å². The Morgan fingerprint density at radius 3 is 2.92 bits per heavy atom. The maximum atomic E-state index is 14.1. The standard InChI is InChI=1S/C18H14BrFN2OS/c1-9-10(2)24-17-15(9)18(23)22-6-5-12(16(22)21-17)7-11-3-4-13(19)8-14(11)20/h3-4,7-8H,5-6H2,1-2H3. The van der Waals surface area contributed by atoms with Crippen LogP contribution in [-0.4, -0.2) is 9.55 Å². The number of thiophene rings is 1. The quantitative estimate of drug-likeness (QED) is 0.576. The van der Waals surface area contributed by atoms with Crippen LogP contribution in [0, 0.1) is 19.7 Å². The van der Waals surface area contributed by atoms with Gasteiger partial charge in [-0.3, -0.25) is 9.36 Å². The highest BCUT2D eigenvalue weighted by molar-refractivity contribution is 9.10. The predicted octanol–water partition coefficient (Wildman–Crippen LogP) is 4.92. The summed E-state index contributed by atoms with van der Waals surface area (Å²) in [7, 11) is 0. The SMILES string of the molecule is Cc1sc2nc3n(c(=O)c2c1C)CCC3=Cc1ccc(Br)cc1F. The summed E-state index contributed by atoms with van der Waals surface area (Å²) in [6, 6.07) is 4.97. The number of nitrogens with zero attached hydrogens (tertiary/aromatic N) is 2. The van der Waals surface area contributed by atoms with Crippen LogP contribution in [0.4, 0.5) is 4.39 Å². The van der Waals surface area contributed by atoms with Crippen molar-refractivity contribution in [2.75, 3.05) is 0 Å².